The number of benzene rings is 2. The summed E-state index contributed by atoms with van der Waals surface area (Å²) in [5.74, 6) is 1.74. The van der Waals surface area contributed by atoms with Crippen molar-refractivity contribution < 1.29 is 14.2 Å². The molecule has 0 spiro atoms. The molecule has 0 bridgehead atoms. The van der Waals surface area contributed by atoms with Crippen molar-refractivity contribution in [1.82, 2.24) is 10.3 Å². The predicted molar refractivity (Wildman–Crippen MR) is 130 cm³/mol. The van der Waals surface area contributed by atoms with Crippen LogP contribution in [0.4, 0.5) is 5.69 Å². The highest BCUT2D eigenvalue weighted by molar-refractivity contribution is 7.80. The van der Waals surface area contributed by atoms with Crippen LogP contribution in [-0.2, 0) is 10.2 Å². The zero-order valence-electron chi connectivity index (χ0n) is 18.0. The van der Waals surface area contributed by atoms with Crippen LogP contribution in [0.15, 0.2) is 72.9 Å². The number of pyridine rings is 1. The van der Waals surface area contributed by atoms with Gasteiger partial charge in [-0.25, -0.2) is 4.98 Å². The van der Waals surface area contributed by atoms with Crippen molar-refractivity contribution in [3.63, 3.8) is 0 Å². The molecule has 2 aromatic carbocycles. The zero-order chi connectivity index (χ0) is 22.2. The fraction of sp³-hybridized carbons (Fsp3) is 0.280. The Kier molecular flexibility index (Phi) is 7.19. The first-order valence-electron chi connectivity index (χ1n) is 10.6. The minimum absolute atomic E-state index is 0.00986. The summed E-state index contributed by atoms with van der Waals surface area (Å²) in [6.45, 7) is 2.26. The number of nitrogens with one attached hydrogen (secondary N) is 2. The molecular formula is C25H27N3O3S. The average molecular weight is 450 g/mol. The zero-order valence-corrected chi connectivity index (χ0v) is 18.9. The van der Waals surface area contributed by atoms with Gasteiger partial charge in [-0.05, 0) is 48.8 Å². The third kappa shape index (κ3) is 5.36. The monoisotopic (exact) mass is 449 g/mol. The van der Waals surface area contributed by atoms with E-state index in [-0.39, 0.29) is 5.41 Å². The molecule has 3 aromatic rings. The van der Waals surface area contributed by atoms with Gasteiger partial charge in [0.2, 0.25) is 5.88 Å². The van der Waals surface area contributed by atoms with E-state index < -0.39 is 0 Å². The van der Waals surface area contributed by atoms with Crippen LogP contribution in [0.2, 0.25) is 0 Å². The highest BCUT2D eigenvalue weighted by Crippen LogP contribution is 2.34. The molecule has 6 nitrogen and oxygen atoms in total. The fourth-order valence-electron chi connectivity index (χ4n) is 3.88. The van der Waals surface area contributed by atoms with Crippen LogP contribution in [0.3, 0.4) is 0 Å². The lowest BCUT2D eigenvalue weighted by Crippen LogP contribution is -2.45. The molecule has 1 aromatic heterocycles. The van der Waals surface area contributed by atoms with E-state index in [0.717, 1.165) is 38.3 Å². The molecule has 2 heterocycles. The molecule has 32 heavy (non-hydrogen) atoms. The van der Waals surface area contributed by atoms with Gasteiger partial charge in [-0.2, -0.15) is 0 Å². The van der Waals surface area contributed by atoms with Gasteiger partial charge in [0.05, 0.1) is 19.0 Å². The molecular weight excluding hydrogens is 422 g/mol. The van der Waals surface area contributed by atoms with Gasteiger partial charge in [0.1, 0.15) is 0 Å². The molecule has 0 radical (unpaired) electrons. The minimum atomic E-state index is 0.00986. The van der Waals surface area contributed by atoms with Crippen molar-refractivity contribution >= 4 is 23.0 Å². The number of nitrogens with zero attached hydrogens (tertiary/aromatic N) is 1. The van der Waals surface area contributed by atoms with Gasteiger partial charge < -0.3 is 24.8 Å². The van der Waals surface area contributed by atoms with Crippen LogP contribution in [0.5, 0.6) is 17.4 Å². The van der Waals surface area contributed by atoms with E-state index >= 15 is 0 Å². The summed E-state index contributed by atoms with van der Waals surface area (Å²) in [5.41, 5.74) is 2.12. The van der Waals surface area contributed by atoms with Gasteiger partial charge >= 0.3 is 0 Å². The number of thiocarbonyl (C=S) groups is 1. The maximum atomic E-state index is 5.83. The lowest BCUT2D eigenvalue weighted by atomic mass is 9.74. The first-order chi connectivity index (χ1) is 15.7. The molecule has 1 aliphatic rings. The molecule has 0 aliphatic carbocycles. The molecule has 4 rings (SSSR count). The Hall–Kier alpha value is -3.16. The van der Waals surface area contributed by atoms with Crippen molar-refractivity contribution in [2.24, 2.45) is 0 Å². The van der Waals surface area contributed by atoms with Gasteiger partial charge in [-0.1, -0.05) is 42.5 Å². The number of para-hydroxylation sites is 2. The Bertz CT molecular complexity index is 1020. The van der Waals surface area contributed by atoms with E-state index in [1.54, 1.807) is 19.4 Å². The maximum absolute atomic E-state index is 5.83. The molecule has 0 unspecified atom stereocenters. The lowest BCUT2D eigenvalue weighted by molar-refractivity contribution is 0.0515. The number of anilines is 1. The van der Waals surface area contributed by atoms with E-state index in [1.165, 1.54) is 5.56 Å². The molecule has 0 amide bonds. The standard InChI is InChI=1S/C25H27N3O3S/c1-29-21-9-5-6-10-22(21)31-23-12-11-20(17-26-23)28-24(32)27-18-25(13-15-30-16-14-25)19-7-3-2-4-8-19/h2-12,17H,13-16,18H2,1H3,(H2,27,28,32). The summed E-state index contributed by atoms with van der Waals surface area (Å²) < 4.78 is 16.8. The largest absolute Gasteiger partial charge is 0.493 e. The van der Waals surface area contributed by atoms with E-state index in [9.17, 15) is 0 Å². The Morgan fingerprint density at radius 2 is 1.72 bits per heavy atom. The van der Waals surface area contributed by atoms with Crippen molar-refractivity contribution in [1.29, 1.82) is 0 Å². The van der Waals surface area contributed by atoms with E-state index in [1.807, 2.05) is 36.4 Å². The van der Waals surface area contributed by atoms with E-state index in [0.29, 0.717) is 22.5 Å². The van der Waals surface area contributed by atoms with Gasteiger partial charge in [0, 0.05) is 31.2 Å². The summed E-state index contributed by atoms with van der Waals surface area (Å²) in [6.07, 6.45) is 3.62. The average Bonchev–Trinajstić information content (AvgIpc) is 2.85. The van der Waals surface area contributed by atoms with Gasteiger partial charge in [0.25, 0.3) is 0 Å². The van der Waals surface area contributed by atoms with Crippen LogP contribution in [0.1, 0.15) is 18.4 Å². The number of hydrogen-bond acceptors (Lipinski definition) is 5. The highest BCUT2D eigenvalue weighted by atomic mass is 32.1. The lowest BCUT2D eigenvalue weighted by Gasteiger charge is -2.38. The summed E-state index contributed by atoms with van der Waals surface area (Å²) in [7, 11) is 1.61. The smallest absolute Gasteiger partial charge is 0.219 e. The van der Waals surface area contributed by atoms with Gasteiger partial charge in [-0.3, -0.25) is 0 Å². The maximum Gasteiger partial charge on any atom is 0.219 e. The van der Waals surface area contributed by atoms with Crippen molar-refractivity contribution in [3.8, 4) is 17.4 Å². The number of aromatic nitrogens is 1. The van der Waals surface area contributed by atoms with Crippen LogP contribution < -0.4 is 20.1 Å². The molecule has 7 heteroatoms. The third-order valence-electron chi connectivity index (χ3n) is 5.70. The third-order valence-corrected chi connectivity index (χ3v) is 5.95. The van der Waals surface area contributed by atoms with Crippen LogP contribution in [0, 0.1) is 0 Å². The molecule has 2 N–H and O–H groups in total. The summed E-state index contributed by atoms with van der Waals surface area (Å²) in [5, 5.41) is 7.17. The number of rotatable bonds is 7. The quantitative estimate of drug-likeness (QED) is 0.497. The van der Waals surface area contributed by atoms with Gasteiger partial charge in [0.15, 0.2) is 16.6 Å². The molecule has 0 saturated carbocycles. The van der Waals surface area contributed by atoms with Gasteiger partial charge in [-0.15, -0.1) is 0 Å². The minimum Gasteiger partial charge on any atom is -0.493 e. The van der Waals surface area contributed by atoms with E-state index in [4.69, 9.17) is 26.4 Å². The van der Waals surface area contributed by atoms with Crippen molar-refractivity contribution in [2.75, 3.05) is 32.2 Å². The summed E-state index contributed by atoms with van der Waals surface area (Å²) >= 11 is 5.55. The first-order valence-corrected chi connectivity index (χ1v) is 11.0. The Labute approximate surface area is 193 Å². The topological polar surface area (TPSA) is 64.6 Å². The first kappa shape index (κ1) is 22.0. The molecule has 1 fully saturated rings. The molecule has 166 valence electrons. The Morgan fingerprint density at radius 1 is 1.00 bits per heavy atom. The normalized spacial score (nSPS) is 14.9. The van der Waals surface area contributed by atoms with Crippen LogP contribution in [-0.4, -0.2) is 37.0 Å². The predicted octanol–water partition coefficient (Wildman–Crippen LogP) is 4.92. The molecule has 0 atom stereocenters. The Balaban J connectivity index is 1.35. The van der Waals surface area contributed by atoms with Crippen LogP contribution >= 0.6 is 12.2 Å². The molecule has 1 aliphatic heterocycles. The van der Waals surface area contributed by atoms with Crippen molar-refractivity contribution in [2.45, 2.75) is 18.3 Å². The number of ether oxygens (including phenoxy) is 3. The Morgan fingerprint density at radius 3 is 2.41 bits per heavy atom. The summed E-state index contributed by atoms with van der Waals surface area (Å²) in [4.78, 5) is 4.37. The second kappa shape index (κ2) is 10.4. The second-order valence-electron chi connectivity index (χ2n) is 7.70. The SMILES string of the molecule is COc1ccccc1Oc1ccc(NC(=S)NCC2(c3ccccc3)CCOCC2)cn1. The number of methoxy groups -OCH3 is 1. The van der Waals surface area contributed by atoms with Crippen LogP contribution in [0.25, 0.3) is 0 Å². The highest BCUT2D eigenvalue weighted by Gasteiger charge is 2.34. The number of hydrogen-bond donors (Lipinski definition) is 2. The fourth-order valence-corrected chi connectivity index (χ4v) is 4.07. The summed E-state index contributed by atoms with van der Waals surface area (Å²) in [6, 6.07) is 21.7. The van der Waals surface area contributed by atoms with Crippen molar-refractivity contribution in [3.05, 3.63) is 78.5 Å². The van der Waals surface area contributed by atoms with E-state index in [2.05, 4.69) is 39.9 Å². The second-order valence-corrected chi connectivity index (χ2v) is 8.11. The molecule has 1 saturated heterocycles.